The predicted octanol–water partition coefficient (Wildman–Crippen LogP) is 5.81. The van der Waals surface area contributed by atoms with Crippen molar-refractivity contribution >= 4 is 21.6 Å². The van der Waals surface area contributed by atoms with Crippen molar-refractivity contribution in [1.29, 1.82) is 0 Å². The second-order valence-corrected chi connectivity index (χ2v) is 13.7. The third kappa shape index (κ3) is 7.73. The molecule has 5 rings (SSSR count). The summed E-state index contributed by atoms with van der Waals surface area (Å²) >= 11 is 0. The molecule has 45 heavy (non-hydrogen) atoms. The highest BCUT2D eigenvalue weighted by Crippen LogP contribution is 2.32. The lowest BCUT2D eigenvalue weighted by Gasteiger charge is -2.38. The first-order chi connectivity index (χ1) is 21.5. The number of sulfonamides is 1. The van der Waals surface area contributed by atoms with Crippen molar-refractivity contribution in [3.05, 3.63) is 114 Å². The molecule has 4 aromatic carbocycles. The van der Waals surface area contributed by atoms with Crippen LogP contribution < -0.4 is 9.46 Å². The summed E-state index contributed by atoms with van der Waals surface area (Å²) in [6.45, 7) is 7.23. The van der Waals surface area contributed by atoms with Crippen LogP contribution in [0.15, 0.2) is 102 Å². The third-order valence-electron chi connectivity index (χ3n) is 8.25. The maximum atomic E-state index is 13.8. The number of carbonyl (C=O) groups excluding carboxylic acids is 1. The van der Waals surface area contributed by atoms with Gasteiger partial charge in [-0.1, -0.05) is 79.2 Å². The lowest BCUT2D eigenvalue weighted by molar-refractivity contribution is 0.0341. The Balaban J connectivity index is 1.36. The quantitative estimate of drug-likeness (QED) is 0.230. The highest BCUT2D eigenvalue weighted by molar-refractivity contribution is 7.92. The number of amides is 1. The summed E-state index contributed by atoms with van der Waals surface area (Å²) in [7, 11) is -1.83. The molecule has 0 aliphatic carbocycles. The summed E-state index contributed by atoms with van der Waals surface area (Å²) in [6, 6.07) is 29.7. The zero-order valence-electron chi connectivity index (χ0n) is 26.2. The molecule has 0 fully saturated rings. The SMILES string of the molecule is Cc1ccc(S(=O)(=O)Nc2ccc3c(c2)C(=O)N([C@H](C)CO)C[C@H](C)[C@@H](CN(C)Cc2ccc(-c4ccccc4)cc2)O3)cc1. The van der Waals surface area contributed by atoms with E-state index in [2.05, 4.69) is 46.0 Å². The second kappa shape index (κ2) is 13.9. The van der Waals surface area contributed by atoms with Gasteiger partial charge in [0.25, 0.3) is 15.9 Å². The van der Waals surface area contributed by atoms with E-state index in [0.29, 0.717) is 25.4 Å². The number of hydrogen-bond acceptors (Lipinski definition) is 6. The van der Waals surface area contributed by atoms with E-state index in [-0.39, 0.29) is 40.7 Å². The fourth-order valence-corrected chi connectivity index (χ4v) is 6.60. The second-order valence-electron chi connectivity index (χ2n) is 12.0. The molecular weight excluding hydrogens is 586 g/mol. The molecule has 8 nitrogen and oxygen atoms in total. The first kappa shape index (κ1) is 32.2. The predicted molar refractivity (Wildman–Crippen MR) is 178 cm³/mol. The van der Waals surface area contributed by atoms with E-state index in [9.17, 15) is 18.3 Å². The molecule has 9 heteroatoms. The minimum atomic E-state index is -3.87. The Morgan fingerprint density at radius 1 is 0.978 bits per heavy atom. The van der Waals surface area contributed by atoms with Gasteiger partial charge < -0.3 is 14.7 Å². The van der Waals surface area contributed by atoms with Gasteiger partial charge in [-0.25, -0.2) is 8.42 Å². The molecule has 2 N–H and O–H groups in total. The van der Waals surface area contributed by atoms with Crippen molar-refractivity contribution in [3.8, 4) is 16.9 Å². The number of benzene rings is 4. The number of carbonyl (C=O) groups is 1. The molecule has 0 unspecified atom stereocenters. The molecule has 4 aromatic rings. The van der Waals surface area contributed by atoms with Gasteiger partial charge in [-0.15, -0.1) is 0 Å². The lowest BCUT2D eigenvalue weighted by atomic mass is 9.99. The molecule has 0 aromatic heterocycles. The van der Waals surface area contributed by atoms with Gasteiger partial charge in [-0.2, -0.15) is 0 Å². The van der Waals surface area contributed by atoms with Gasteiger partial charge in [0.05, 0.1) is 23.1 Å². The van der Waals surface area contributed by atoms with Crippen LogP contribution in [-0.2, 0) is 16.6 Å². The Labute approximate surface area is 266 Å². The van der Waals surface area contributed by atoms with Crippen LogP contribution >= 0.6 is 0 Å². The average Bonchev–Trinajstić information content (AvgIpc) is 3.03. The Morgan fingerprint density at radius 3 is 2.31 bits per heavy atom. The molecule has 1 heterocycles. The van der Waals surface area contributed by atoms with Crippen molar-refractivity contribution in [2.45, 2.75) is 44.4 Å². The molecule has 236 valence electrons. The number of hydrogen-bond donors (Lipinski definition) is 2. The number of aliphatic hydroxyl groups is 1. The Morgan fingerprint density at radius 2 is 1.64 bits per heavy atom. The number of aryl methyl sites for hydroxylation is 1. The Bertz CT molecular complexity index is 1710. The number of fused-ring (bicyclic) bond motifs is 1. The largest absolute Gasteiger partial charge is 0.488 e. The Hall–Kier alpha value is -4.18. The maximum absolute atomic E-state index is 13.8. The summed E-state index contributed by atoms with van der Waals surface area (Å²) in [5.41, 5.74) is 4.96. The topological polar surface area (TPSA) is 99.2 Å². The van der Waals surface area contributed by atoms with Gasteiger partial charge in [0.15, 0.2) is 0 Å². The van der Waals surface area contributed by atoms with Crippen LogP contribution in [0.3, 0.4) is 0 Å². The van der Waals surface area contributed by atoms with Crippen molar-refractivity contribution in [2.24, 2.45) is 5.92 Å². The number of likely N-dealkylation sites (N-methyl/N-ethyl adjacent to an activating group) is 1. The molecule has 1 amide bonds. The molecule has 3 atom stereocenters. The summed E-state index contributed by atoms with van der Waals surface area (Å²) in [5.74, 6) is 0.0180. The van der Waals surface area contributed by atoms with Crippen LogP contribution in [0.4, 0.5) is 5.69 Å². The lowest BCUT2D eigenvalue weighted by Crippen LogP contribution is -2.49. The minimum absolute atomic E-state index is 0.0428. The van der Waals surface area contributed by atoms with Crippen molar-refractivity contribution in [3.63, 3.8) is 0 Å². The van der Waals surface area contributed by atoms with E-state index in [0.717, 1.165) is 5.56 Å². The maximum Gasteiger partial charge on any atom is 0.261 e. The third-order valence-corrected chi connectivity index (χ3v) is 9.65. The van der Waals surface area contributed by atoms with Gasteiger partial charge in [-0.05, 0) is 67.9 Å². The highest BCUT2D eigenvalue weighted by Gasteiger charge is 2.33. The summed E-state index contributed by atoms with van der Waals surface area (Å²) in [4.78, 5) is 17.8. The van der Waals surface area contributed by atoms with Gasteiger partial charge in [0.2, 0.25) is 0 Å². The summed E-state index contributed by atoms with van der Waals surface area (Å²) in [6.07, 6.45) is -0.270. The minimum Gasteiger partial charge on any atom is -0.488 e. The van der Waals surface area contributed by atoms with Crippen LogP contribution in [0.2, 0.25) is 0 Å². The van der Waals surface area contributed by atoms with E-state index in [1.165, 1.54) is 22.8 Å². The van der Waals surface area contributed by atoms with Gasteiger partial charge in [0.1, 0.15) is 11.9 Å². The zero-order chi connectivity index (χ0) is 32.1. The zero-order valence-corrected chi connectivity index (χ0v) is 27.0. The van der Waals surface area contributed by atoms with E-state index in [1.54, 1.807) is 48.2 Å². The number of aliphatic hydroxyl groups excluding tert-OH is 1. The molecular formula is C36H41N3O5S. The first-order valence-corrected chi connectivity index (χ1v) is 16.7. The molecule has 0 bridgehead atoms. The normalized spacial score (nSPS) is 17.6. The van der Waals surface area contributed by atoms with Crippen molar-refractivity contribution in [2.75, 3.05) is 31.5 Å². The molecule has 0 saturated carbocycles. The van der Waals surface area contributed by atoms with E-state index >= 15 is 0 Å². The average molecular weight is 628 g/mol. The van der Waals surface area contributed by atoms with Gasteiger partial charge in [0, 0.05) is 31.2 Å². The molecule has 0 radical (unpaired) electrons. The van der Waals surface area contributed by atoms with Gasteiger partial charge in [-0.3, -0.25) is 14.4 Å². The van der Waals surface area contributed by atoms with Crippen LogP contribution in [0, 0.1) is 12.8 Å². The highest BCUT2D eigenvalue weighted by atomic mass is 32.2. The first-order valence-electron chi connectivity index (χ1n) is 15.2. The van der Waals surface area contributed by atoms with E-state index in [4.69, 9.17) is 4.74 Å². The molecule has 1 aliphatic heterocycles. The van der Waals surface area contributed by atoms with Crippen molar-refractivity contribution < 1.29 is 23.1 Å². The molecule has 1 aliphatic rings. The fraction of sp³-hybridized carbons (Fsp3) is 0.306. The summed E-state index contributed by atoms with van der Waals surface area (Å²) in [5, 5.41) is 10.00. The molecule has 0 saturated heterocycles. The van der Waals surface area contributed by atoms with Crippen molar-refractivity contribution in [1.82, 2.24) is 9.80 Å². The number of rotatable bonds is 10. The van der Waals surface area contributed by atoms with Crippen LogP contribution in [0.1, 0.15) is 35.3 Å². The smallest absolute Gasteiger partial charge is 0.261 e. The Kier molecular flexibility index (Phi) is 9.92. The van der Waals surface area contributed by atoms with Crippen LogP contribution in [0.25, 0.3) is 11.1 Å². The number of nitrogens with zero attached hydrogens (tertiary/aromatic N) is 2. The summed E-state index contributed by atoms with van der Waals surface area (Å²) < 4.78 is 35.3. The number of ether oxygens (including phenoxy) is 1. The number of nitrogens with one attached hydrogen (secondary N) is 1. The standard InChI is InChI=1S/C36H41N3O5S/c1-25-10-17-32(18-11-25)45(42,43)37-31-16-19-34-33(20-31)36(41)39(27(3)24-40)21-26(2)35(44-34)23-38(4)22-28-12-14-30(15-13-28)29-8-6-5-7-9-29/h5-20,26-27,35,37,40H,21-24H2,1-4H3/t26-,27+,35+/m0/s1. The van der Waals surface area contributed by atoms with E-state index < -0.39 is 16.1 Å². The number of anilines is 1. The fourth-order valence-electron chi connectivity index (χ4n) is 5.55. The van der Waals surface area contributed by atoms with Gasteiger partial charge >= 0.3 is 0 Å². The van der Waals surface area contributed by atoms with Crippen LogP contribution in [0.5, 0.6) is 5.75 Å². The van der Waals surface area contributed by atoms with E-state index in [1.807, 2.05) is 39.1 Å². The monoisotopic (exact) mass is 627 g/mol. The molecule has 0 spiro atoms. The van der Waals surface area contributed by atoms with Crippen LogP contribution in [-0.4, -0.2) is 68.1 Å².